The summed E-state index contributed by atoms with van der Waals surface area (Å²) in [5.41, 5.74) is 3.21. The number of carbonyl (C=O) groups is 2. The lowest BCUT2D eigenvalue weighted by atomic mass is 10.1. The first-order chi connectivity index (χ1) is 16.0. The Hall–Kier alpha value is -3.48. The zero-order valence-corrected chi connectivity index (χ0v) is 19.3. The van der Waals surface area contributed by atoms with Gasteiger partial charge in [0.15, 0.2) is 11.6 Å². The van der Waals surface area contributed by atoms with E-state index in [9.17, 15) is 9.59 Å². The van der Waals surface area contributed by atoms with E-state index in [1.807, 2.05) is 32.0 Å². The van der Waals surface area contributed by atoms with Gasteiger partial charge in [-0.3, -0.25) is 9.59 Å². The van der Waals surface area contributed by atoms with Crippen molar-refractivity contribution in [2.24, 2.45) is 0 Å². The highest BCUT2D eigenvalue weighted by Gasteiger charge is 2.17. The number of rotatable bonds is 8. The van der Waals surface area contributed by atoms with Crippen molar-refractivity contribution in [2.45, 2.75) is 58.9 Å². The fourth-order valence-electron chi connectivity index (χ4n) is 4.08. The first-order valence-corrected chi connectivity index (χ1v) is 11.6. The third-order valence-corrected chi connectivity index (χ3v) is 5.95. The molecule has 3 aromatic rings. The van der Waals surface area contributed by atoms with E-state index in [0.717, 1.165) is 60.0 Å². The number of nitrogens with zero attached hydrogens (tertiary/aromatic N) is 3. The van der Waals surface area contributed by atoms with Gasteiger partial charge in [-0.2, -0.15) is 0 Å². The van der Waals surface area contributed by atoms with Crippen molar-refractivity contribution >= 4 is 17.4 Å². The summed E-state index contributed by atoms with van der Waals surface area (Å²) in [6, 6.07) is 13.0. The smallest absolute Gasteiger partial charge is 0.224 e. The third kappa shape index (κ3) is 5.48. The Bertz CT molecular complexity index is 1130. The molecule has 1 aliphatic heterocycles. The summed E-state index contributed by atoms with van der Waals surface area (Å²) in [5, 5.41) is 11.8. The predicted octanol–water partition coefficient (Wildman–Crippen LogP) is 4.98. The second-order valence-electron chi connectivity index (χ2n) is 8.36. The second kappa shape index (κ2) is 10.4. The van der Waals surface area contributed by atoms with Gasteiger partial charge in [0, 0.05) is 42.6 Å². The number of fused-ring (bicyclic) bond motifs is 1. The Morgan fingerprint density at radius 2 is 1.85 bits per heavy atom. The van der Waals surface area contributed by atoms with Gasteiger partial charge in [-0.1, -0.05) is 18.6 Å². The SMILES string of the molecule is CCOc1ccc(C(=O)CCC(=O)Nc2cc(-c3nnc4n3CCCCC4)ccc2C)cc1. The molecule has 0 atom stereocenters. The maximum absolute atomic E-state index is 12.6. The van der Waals surface area contributed by atoms with Crippen molar-refractivity contribution < 1.29 is 14.3 Å². The number of ketones is 1. The molecular weight excluding hydrogens is 416 g/mol. The molecule has 1 amide bonds. The lowest BCUT2D eigenvalue weighted by Crippen LogP contribution is -2.14. The van der Waals surface area contributed by atoms with E-state index in [4.69, 9.17) is 4.74 Å². The Morgan fingerprint density at radius 3 is 2.64 bits per heavy atom. The maximum Gasteiger partial charge on any atom is 0.224 e. The standard InChI is InChI=1S/C26H30N4O3/c1-3-33-21-12-10-19(11-13-21)23(31)14-15-25(32)27-22-17-20(9-8-18(22)2)26-29-28-24-7-5-4-6-16-30(24)26/h8-13,17H,3-7,14-16H2,1-2H3,(H,27,32). The van der Waals surface area contributed by atoms with Gasteiger partial charge < -0.3 is 14.6 Å². The third-order valence-electron chi connectivity index (χ3n) is 5.95. The molecule has 0 saturated heterocycles. The largest absolute Gasteiger partial charge is 0.494 e. The van der Waals surface area contributed by atoms with Crippen LogP contribution in [0.3, 0.4) is 0 Å². The van der Waals surface area contributed by atoms with Crippen LogP contribution < -0.4 is 10.1 Å². The average Bonchev–Trinajstić information content (AvgIpc) is 3.07. The monoisotopic (exact) mass is 446 g/mol. The second-order valence-corrected chi connectivity index (χ2v) is 8.36. The molecular formula is C26H30N4O3. The molecule has 172 valence electrons. The van der Waals surface area contributed by atoms with E-state index in [0.29, 0.717) is 12.2 Å². The van der Waals surface area contributed by atoms with E-state index in [1.165, 1.54) is 6.42 Å². The van der Waals surface area contributed by atoms with E-state index in [2.05, 4.69) is 20.1 Å². The number of hydrogen-bond acceptors (Lipinski definition) is 5. The molecule has 0 aliphatic carbocycles. The lowest BCUT2D eigenvalue weighted by molar-refractivity contribution is -0.116. The minimum absolute atomic E-state index is 0.0650. The Kier molecular flexibility index (Phi) is 7.17. The van der Waals surface area contributed by atoms with Gasteiger partial charge in [0.1, 0.15) is 11.6 Å². The van der Waals surface area contributed by atoms with E-state index in [-0.39, 0.29) is 24.5 Å². The highest BCUT2D eigenvalue weighted by Crippen LogP contribution is 2.27. The van der Waals surface area contributed by atoms with Crippen LogP contribution in [0.1, 0.15) is 60.8 Å². The molecule has 1 N–H and O–H groups in total. The first kappa shape index (κ1) is 22.7. The highest BCUT2D eigenvalue weighted by molar-refractivity contribution is 6.00. The van der Waals surface area contributed by atoms with Gasteiger partial charge in [0.25, 0.3) is 0 Å². The van der Waals surface area contributed by atoms with Gasteiger partial charge in [-0.15, -0.1) is 10.2 Å². The lowest BCUT2D eigenvalue weighted by Gasteiger charge is -2.12. The molecule has 1 aliphatic rings. The number of anilines is 1. The van der Waals surface area contributed by atoms with Crippen LogP contribution in [-0.4, -0.2) is 33.1 Å². The topological polar surface area (TPSA) is 86.1 Å². The summed E-state index contributed by atoms with van der Waals surface area (Å²) in [4.78, 5) is 25.1. The molecule has 2 aromatic carbocycles. The number of aryl methyl sites for hydroxylation is 2. The van der Waals surface area contributed by atoms with Crippen LogP contribution in [0.5, 0.6) is 5.75 Å². The molecule has 0 unspecified atom stereocenters. The Balaban J connectivity index is 1.40. The summed E-state index contributed by atoms with van der Waals surface area (Å²) < 4.78 is 7.60. The van der Waals surface area contributed by atoms with E-state index in [1.54, 1.807) is 24.3 Å². The molecule has 7 nitrogen and oxygen atoms in total. The molecule has 4 rings (SSSR count). The van der Waals surface area contributed by atoms with Crippen molar-refractivity contribution in [3.63, 3.8) is 0 Å². The van der Waals surface area contributed by atoms with Crippen molar-refractivity contribution in [1.29, 1.82) is 0 Å². The minimum atomic E-state index is -0.186. The summed E-state index contributed by atoms with van der Waals surface area (Å²) in [5.74, 6) is 2.35. The Morgan fingerprint density at radius 1 is 1.03 bits per heavy atom. The van der Waals surface area contributed by atoms with Crippen LogP contribution in [-0.2, 0) is 17.8 Å². The summed E-state index contributed by atoms with van der Waals surface area (Å²) in [7, 11) is 0. The van der Waals surface area contributed by atoms with E-state index < -0.39 is 0 Å². The number of nitrogens with one attached hydrogen (secondary N) is 1. The predicted molar refractivity (Wildman–Crippen MR) is 128 cm³/mol. The number of carbonyl (C=O) groups excluding carboxylic acids is 2. The molecule has 0 radical (unpaired) electrons. The molecule has 0 spiro atoms. The quantitative estimate of drug-likeness (QED) is 0.493. The van der Waals surface area contributed by atoms with Gasteiger partial charge in [0.2, 0.25) is 5.91 Å². The summed E-state index contributed by atoms with van der Waals surface area (Å²) in [6.07, 6.45) is 4.68. The molecule has 33 heavy (non-hydrogen) atoms. The van der Waals surface area contributed by atoms with Crippen molar-refractivity contribution in [3.8, 4) is 17.1 Å². The summed E-state index contributed by atoms with van der Waals surface area (Å²) >= 11 is 0. The van der Waals surface area contributed by atoms with Crippen LogP contribution in [0.15, 0.2) is 42.5 Å². The van der Waals surface area contributed by atoms with Crippen LogP contribution in [0.25, 0.3) is 11.4 Å². The van der Waals surface area contributed by atoms with Gasteiger partial charge in [-0.25, -0.2) is 0 Å². The Labute approximate surface area is 194 Å². The van der Waals surface area contributed by atoms with Crippen LogP contribution in [0.2, 0.25) is 0 Å². The normalized spacial score (nSPS) is 13.2. The van der Waals surface area contributed by atoms with Crippen LogP contribution >= 0.6 is 0 Å². The van der Waals surface area contributed by atoms with Gasteiger partial charge in [-0.05, 0) is 62.6 Å². The van der Waals surface area contributed by atoms with Gasteiger partial charge in [0.05, 0.1) is 6.61 Å². The molecule has 0 bridgehead atoms. The van der Waals surface area contributed by atoms with Crippen molar-refractivity contribution in [2.75, 3.05) is 11.9 Å². The fraction of sp³-hybridized carbons (Fsp3) is 0.385. The number of benzene rings is 2. The van der Waals surface area contributed by atoms with Crippen molar-refractivity contribution in [1.82, 2.24) is 14.8 Å². The first-order valence-electron chi connectivity index (χ1n) is 11.6. The van der Waals surface area contributed by atoms with Gasteiger partial charge >= 0.3 is 0 Å². The fourth-order valence-corrected chi connectivity index (χ4v) is 4.08. The van der Waals surface area contributed by atoms with Crippen LogP contribution in [0, 0.1) is 6.92 Å². The number of amides is 1. The molecule has 7 heteroatoms. The number of Topliss-reactive ketones (excluding diaryl/α,β-unsaturated/α-hetero) is 1. The number of hydrogen-bond donors (Lipinski definition) is 1. The summed E-state index contributed by atoms with van der Waals surface area (Å²) in [6.45, 7) is 5.36. The van der Waals surface area contributed by atoms with Crippen LogP contribution in [0.4, 0.5) is 5.69 Å². The molecule has 0 saturated carbocycles. The number of ether oxygens (including phenoxy) is 1. The van der Waals surface area contributed by atoms with E-state index >= 15 is 0 Å². The highest BCUT2D eigenvalue weighted by atomic mass is 16.5. The molecule has 0 fully saturated rings. The average molecular weight is 447 g/mol. The number of aromatic nitrogens is 3. The molecule has 1 aromatic heterocycles. The minimum Gasteiger partial charge on any atom is -0.494 e. The maximum atomic E-state index is 12.6. The molecule has 2 heterocycles. The van der Waals surface area contributed by atoms with Crippen molar-refractivity contribution in [3.05, 3.63) is 59.4 Å². The zero-order valence-electron chi connectivity index (χ0n) is 19.3. The zero-order chi connectivity index (χ0) is 23.2.